The first-order chi connectivity index (χ1) is 11.6. The monoisotopic (exact) mass is 329 g/mol. The fourth-order valence-corrected chi connectivity index (χ4v) is 2.85. The molecular weight excluding hydrogens is 310 g/mol. The largest absolute Gasteiger partial charge is 0.507 e. The summed E-state index contributed by atoms with van der Waals surface area (Å²) in [6.07, 6.45) is 0. The summed E-state index contributed by atoms with van der Waals surface area (Å²) in [4.78, 5) is 26.5. The standard InChI is InChI=1S/C18H19NO5/c1-2-23-10-11-24-9-8-19-17(21)13-5-3-4-12-15(20)7-6-14(16(12)13)18(19)22/h3-7,20H,2,8-11H2,1H3. The van der Waals surface area contributed by atoms with Crippen molar-refractivity contribution >= 4 is 22.6 Å². The molecule has 0 radical (unpaired) electrons. The number of carbonyl (C=O) groups is 2. The fourth-order valence-electron chi connectivity index (χ4n) is 2.85. The van der Waals surface area contributed by atoms with Gasteiger partial charge in [-0.1, -0.05) is 12.1 Å². The maximum absolute atomic E-state index is 12.6. The average Bonchev–Trinajstić information content (AvgIpc) is 2.59. The SMILES string of the molecule is CCOCCOCCN1C(=O)c2cccc3c(O)ccc(c23)C1=O. The third kappa shape index (κ3) is 2.86. The van der Waals surface area contributed by atoms with Crippen LogP contribution in [-0.2, 0) is 9.47 Å². The van der Waals surface area contributed by atoms with Gasteiger partial charge in [-0.05, 0) is 25.1 Å². The first-order valence-corrected chi connectivity index (χ1v) is 7.91. The lowest BCUT2D eigenvalue weighted by Gasteiger charge is -2.27. The Bertz CT molecular complexity index is 764. The van der Waals surface area contributed by atoms with E-state index in [1.54, 1.807) is 24.3 Å². The number of amides is 2. The minimum absolute atomic E-state index is 0.0592. The Morgan fingerprint density at radius 2 is 1.67 bits per heavy atom. The second kappa shape index (κ2) is 6.98. The maximum Gasteiger partial charge on any atom is 0.261 e. The summed E-state index contributed by atoms with van der Waals surface area (Å²) in [6, 6.07) is 8.10. The number of carbonyl (C=O) groups excluding carboxylic acids is 2. The molecule has 0 aliphatic carbocycles. The summed E-state index contributed by atoms with van der Waals surface area (Å²) in [6.45, 7) is 3.87. The van der Waals surface area contributed by atoms with E-state index >= 15 is 0 Å². The molecule has 6 heteroatoms. The zero-order valence-corrected chi connectivity index (χ0v) is 13.4. The first kappa shape index (κ1) is 16.4. The zero-order valence-electron chi connectivity index (χ0n) is 13.4. The van der Waals surface area contributed by atoms with Crippen LogP contribution in [0.4, 0.5) is 0 Å². The maximum atomic E-state index is 12.6. The van der Waals surface area contributed by atoms with Crippen molar-refractivity contribution in [3.8, 4) is 5.75 Å². The molecule has 6 nitrogen and oxygen atoms in total. The highest BCUT2D eigenvalue weighted by Crippen LogP contribution is 2.34. The van der Waals surface area contributed by atoms with Crippen LogP contribution < -0.4 is 0 Å². The highest BCUT2D eigenvalue weighted by Gasteiger charge is 2.32. The van der Waals surface area contributed by atoms with E-state index in [-0.39, 0.29) is 30.7 Å². The molecule has 126 valence electrons. The lowest BCUT2D eigenvalue weighted by molar-refractivity contribution is 0.0363. The van der Waals surface area contributed by atoms with E-state index in [9.17, 15) is 14.7 Å². The van der Waals surface area contributed by atoms with Gasteiger partial charge in [0.1, 0.15) is 5.75 Å². The lowest BCUT2D eigenvalue weighted by atomic mass is 9.93. The summed E-state index contributed by atoms with van der Waals surface area (Å²) in [5.41, 5.74) is 0.847. The van der Waals surface area contributed by atoms with Gasteiger partial charge in [-0.2, -0.15) is 0 Å². The molecule has 0 spiro atoms. The molecule has 2 amide bonds. The highest BCUT2D eigenvalue weighted by molar-refractivity contribution is 6.26. The van der Waals surface area contributed by atoms with Crippen LogP contribution in [0.5, 0.6) is 5.75 Å². The molecule has 0 aromatic heterocycles. The highest BCUT2D eigenvalue weighted by atomic mass is 16.5. The van der Waals surface area contributed by atoms with Gasteiger partial charge in [-0.15, -0.1) is 0 Å². The van der Waals surface area contributed by atoms with E-state index in [2.05, 4.69) is 0 Å². The molecule has 1 aliphatic heterocycles. The topological polar surface area (TPSA) is 76.1 Å². The van der Waals surface area contributed by atoms with Crippen molar-refractivity contribution < 1.29 is 24.2 Å². The predicted molar refractivity (Wildman–Crippen MR) is 88.3 cm³/mol. The predicted octanol–water partition coefficient (Wildman–Crippen LogP) is 2.19. The van der Waals surface area contributed by atoms with Crippen molar-refractivity contribution in [1.82, 2.24) is 4.90 Å². The molecule has 0 atom stereocenters. The normalized spacial score (nSPS) is 13.8. The first-order valence-electron chi connectivity index (χ1n) is 7.91. The van der Waals surface area contributed by atoms with Crippen molar-refractivity contribution in [1.29, 1.82) is 0 Å². The second-order valence-electron chi connectivity index (χ2n) is 5.43. The Labute approximate surface area is 139 Å². The van der Waals surface area contributed by atoms with Gasteiger partial charge < -0.3 is 14.6 Å². The smallest absolute Gasteiger partial charge is 0.261 e. The minimum Gasteiger partial charge on any atom is -0.507 e. The molecule has 0 saturated carbocycles. The molecule has 3 rings (SSSR count). The number of phenolic OH excluding ortho intramolecular Hbond substituents is 1. The molecule has 2 aromatic rings. The lowest BCUT2D eigenvalue weighted by Crippen LogP contribution is -2.42. The van der Waals surface area contributed by atoms with Gasteiger partial charge in [0.25, 0.3) is 11.8 Å². The van der Waals surface area contributed by atoms with Crippen molar-refractivity contribution in [3.05, 3.63) is 41.5 Å². The number of hydrogen-bond acceptors (Lipinski definition) is 5. The van der Waals surface area contributed by atoms with Gasteiger partial charge in [0.05, 0.1) is 26.4 Å². The Hall–Kier alpha value is -2.44. The molecule has 1 N–H and O–H groups in total. The quantitative estimate of drug-likeness (QED) is 0.622. The molecule has 0 fully saturated rings. The summed E-state index contributed by atoms with van der Waals surface area (Å²) >= 11 is 0. The van der Waals surface area contributed by atoms with E-state index in [4.69, 9.17) is 9.47 Å². The third-order valence-corrected chi connectivity index (χ3v) is 4.00. The molecule has 0 saturated heterocycles. The average molecular weight is 329 g/mol. The van der Waals surface area contributed by atoms with Gasteiger partial charge >= 0.3 is 0 Å². The molecule has 1 aliphatic rings. The van der Waals surface area contributed by atoms with E-state index in [0.717, 1.165) is 0 Å². The van der Waals surface area contributed by atoms with Crippen molar-refractivity contribution in [3.63, 3.8) is 0 Å². The number of nitrogens with zero attached hydrogens (tertiary/aromatic N) is 1. The van der Waals surface area contributed by atoms with Crippen LogP contribution in [-0.4, -0.2) is 54.8 Å². The number of imide groups is 1. The van der Waals surface area contributed by atoms with Crippen LogP contribution in [0.3, 0.4) is 0 Å². The second-order valence-corrected chi connectivity index (χ2v) is 5.43. The Balaban J connectivity index is 1.80. The van der Waals surface area contributed by atoms with E-state index in [1.807, 2.05) is 6.92 Å². The molecule has 0 unspecified atom stereocenters. The van der Waals surface area contributed by atoms with E-state index < -0.39 is 0 Å². The molecule has 1 heterocycles. The van der Waals surface area contributed by atoms with E-state index in [0.29, 0.717) is 41.7 Å². The molecule has 24 heavy (non-hydrogen) atoms. The Morgan fingerprint density at radius 3 is 2.42 bits per heavy atom. The molecular formula is C18H19NO5. The van der Waals surface area contributed by atoms with Crippen LogP contribution in [0.15, 0.2) is 30.3 Å². The van der Waals surface area contributed by atoms with Gasteiger partial charge in [0, 0.05) is 28.5 Å². The van der Waals surface area contributed by atoms with Crippen LogP contribution in [0.1, 0.15) is 27.6 Å². The van der Waals surface area contributed by atoms with Crippen LogP contribution >= 0.6 is 0 Å². The fraction of sp³-hybridized carbons (Fsp3) is 0.333. The summed E-state index contributed by atoms with van der Waals surface area (Å²) < 4.78 is 10.6. The van der Waals surface area contributed by atoms with Gasteiger partial charge in [0.2, 0.25) is 0 Å². The van der Waals surface area contributed by atoms with Crippen LogP contribution in [0, 0.1) is 0 Å². The van der Waals surface area contributed by atoms with E-state index in [1.165, 1.54) is 11.0 Å². The van der Waals surface area contributed by atoms with Crippen molar-refractivity contribution in [2.75, 3.05) is 33.0 Å². The summed E-state index contributed by atoms with van der Waals surface area (Å²) in [5.74, 6) is -0.668. The number of aromatic hydroxyl groups is 1. The Kier molecular flexibility index (Phi) is 4.78. The van der Waals surface area contributed by atoms with Crippen LogP contribution in [0.25, 0.3) is 10.8 Å². The molecule has 0 bridgehead atoms. The van der Waals surface area contributed by atoms with Gasteiger partial charge in [-0.25, -0.2) is 0 Å². The number of benzene rings is 2. The Morgan fingerprint density at radius 1 is 0.958 bits per heavy atom. The van der Waals surface area contributed by atoms with Crippen LogP contribution in [0.2, 0.25) is 0 Å². The number of rotatable bonds is 7. The number of hydrogen-bond donors (Lipinski definition) is 1. The minimum atomic E-state index is -0.364. The zero-order chi connectivity index (χ0) is 17.1. The van der Waals surface area contributed by atoms with Crippen molar-refractivity contribution in [2.24, 2.45) is 0 Å². The summed E-state index contributed by atoms with van der Waals surface area (Å²) in [7, 11) is 0. The van der Waals surface area contributed by atoms with Crippen molar-refractivity contribution in [2.45, 2.75) is 6.92 Å². The van der Waals surface area contributed by atoms with Gasteiger partial charge in [0.15, 0.2) is 0 Å². The summed E-state index contributed by atoms with van der Waals surface area (Å²) in [5, 5.41) is 11.0. The third-order valence-electron chi connectivity index (χ3n) is 4.00. The molecule has 2 aromatic carbocycles. The van der Waals surface area contributed by atoms with Gasteiger partial charge in [-0.3, -0.25) is 14.5 Å². The number of phenols is 1. The number of ether oxygens (including phenoxy) is 2.